The van der Waals surface area contributed by atoms with E-state index in [9.17, 15) is 25.2 Å². The van der Waals surface area contributed by atoms with Crippen molar-refractivity contribution in [3.8, 4) is 0 Å². The second-order valence-electron chi connectivity index (χ2n) is 5.76. The van der Waals surface area contributed by atoms with E-state index < -0.39 is 61.8 Å². The molecule has 8 atom stereocenters. The van der Waals surface area contributed by atoms with Crippen LogP contribution in [-0.2, 0) is 23.7 Å². The van der Waals surface area contributed by atoms with Crippen LogP contribution in [0.5, 0.6) is 0 Å². The first-order valence-electron chi connectivity index (χ1n) is 7.83. The van der Waals surface area contributed by atoms with E-state index in [4.69, 9.17) is 24.1 Å². The zero-order valence-electron chi connectivity index (χ0n) is 13.2. The predicted molar refractivity (Wildman–Crippen MR) is 75.8 cm³/mol. The fourth-order valence-corrected chi connectivity index (χ4v) is 2.83. The highest BCUT2D eigenvalue weighted by Gasteiger charge is 2.45. The van der Waals surface area contributed by atoms with Crippen LogP contribution >= 0.6 is 0 Å². The minimum atomic E-state index is -1.65. The molecule has 0 aromatic rings. The summed E-state index contributed by atoms with van der Waals surface area (Å²) in [6, 6.07) is 0. The van der Waals surface area contributed by atoms with Crippen molar-refractivity contribution in [3.05, 3.63) is 0 Å². The molecule has 3 unspecified atom stereocenters. The van der Waals surface area contributed by atoms with E-state index in [1.165, 1.54) is 0 Å². The highest BCUT2D eigenvalue weighted by molar-refractivity contribution is 5.73. The molecule has 2 heterocycles. The minimum absolute atomic E-state index is 0.106. The van der Waals surface area contributed by atoms with Crippen LogP contribution in [0.1, 0.15) is 19.8 Å². The molecular weight excluding hydrogens is 328 g/mol. The SMILES string of the molecule is CCO[C@@H]1CC(O)[C@H](OC2C[C@@H](O)[C@H](O)[C@@H](C(=O)O)O2)C(CO)O1. The Balaban J connectivity index is 2.01. The molecule has 0 aliphatic carbocycles. The van der Waals surface area contributed by atoms with E-state index in [1.54, 1.807) is 6.92 Å². The topological polar surface area (TPSA) is 155 Å². The van der Waals surface area contributed by atoms with Gasteiger partial charge >= 0.3 is 5.97 Å². The summed E-state index contributed by atoms with van der Waals surface area (Å²) in [5.74, 6) is -1.44. The van der Waals surface area contributed by atoms with Crippen molar-refractivity contribution in [2.45, 2.75) is 69.0 Å². The zero-order chi connectivity index (χ0) is 17.9. The number of ether oxygens (including phenoxy) is 4. The van der Waals surface area contributed by atoms with Crippen molar-refractivity contribution in [2.24, 2.45) is 0 Å². The molecule has 0 aromatic heterocycles. The van der Waals surface area contributed by atoms with Gasteiger partial charge in [-0.2, -0.15) is 0 Å². The number of hydrogen-bond donors (Lipinski definition) is 5. The normalized spacial score (nSPS) is 43.5. The van der Waals surface area contributed by atoms with Gasteiger partial charge in [0.1, 0.15) is 18.3 Å². The molecule has 10 heteroatoms. The van der Waals surface area contributed by atoms with Crippen LogP contribution in [0, 0.1) is 0 Å². The van der Waals surface area contributed by atoms with Crippen LogP contribution in [0.4, 0.5) is 0 Å². The highest BCUT2D eigenvalue weighted by atomic mass is 16.7. The maximum absolute atomic E-state index is 11.1. The molecule has 2 rings (SSSR count). The van der Waals surface area contributed by atoms with Gasteiger partial charge in [0.15, 0.2) is 18.7 Å². The third kappa shape index (κ3) is 4.41. The lowest BCUT2D eigenvalue weighted by molar-refractivity contribution is -0.316. The second kappa shape index (κ2) is 8.50. The fraction of sp³-hybridized carbons (Fsp3) is 0.929. The lowest BCUT2D eigenvalue weighted by atomic mass is 9.99. The molecule has 24 heavy (non-hydrogen) atoms. The van der Waals surface area contributed by atoms with Crippen LogP contribution in [0.3, 0.4) is 0 Å². The molecular formula is C14H24O10. The molecule has 2 aliphatic rings. The largest absolute Gasteiger partial charge is 0.479 e. The molecule has 2 saturated heterocycles. The zero-order valence-corrected chi connectivity index (χ0v) is 13.2. The van der Waals surface area contributed by atoms with Crippen LogP contribution in [0.15, 0.2) is 0 Å². The molecule has 10 nitrogen and oxygen atoms in total. The maximum Gasteiger partial charge on any atom is 0.335 e. The number of carbonyl (C=O) groups is 1. The van der Waals surface area contributed by atoms with E-state index in [0.717, 1.165) is 0 Å². The summed E-state index contributed by atoms with van der Waals surface area (Å²) < 4.78 is 21.4. The molecule has 2 aliphatic heterocycles. The van der Waals surface area contributed by atoms with Crippen LogP contribution in [-0.4, -0.2) is 93.9 Å². The van der Waals surface area contributed by atoms with E-state index in [2.05, 4.69) is 0 Å². The van der Waals surface area contributed by atoms with Crippen molar-refractivity contribution in [2.75, 3.05) is 13.2 Å². The number of aliphatic carboxylic acids is 1. The minimum Gasteiger partial charge on any atom is -0.479 e. The first-order chi connectivity index (χ1) is 11.4. The molecule has 0 spiro atoms. The number of rotatable bonds is 6. The molecule has 0 aromatic carbocycles. The molecule has 140 valence electrons. The number of aliphatic hydroxyl groups is 4. The Kier molecular flexibility index (Phi) is 6.89. The van der Waals surface area contributed by atoms with Crippen LogP contribution < -0.4 is 0 Å². The summed E-state index contributed by atoms with van der Waals surface area (Å²) >= 11 is 0. The summed E-state index contributed by atoms with van der Waals surface area (Å²) in [6.07, 6.45) is -9.45. The lowest BCUT2D eigenvalue weighted by Crippen LogP contribution is -2.57. The van der Waals surface area contributed by atoms with E-state index in [1.807, 2.05) is 0 Å². The standard InChI is InChI=1S/C14H24O10/c1-2-21-9-4-7(17)12(8(5-15)22-9)23-10-3-6(16)11(18)13(24-10)14(19)20/h6-13,15-18H,2-5H2,1H3,(H,19,20)/t6-,7?,8?,9+,10?,11+,12+,13+/m1/s1. The van der Waals surface area contributed by atoms with Crippen molar-refractivity contribution in [1.82, 2.24) is 0 Å². The van der Waals surface area contributed by atoms with Gasteiger partial charge in [0.05, 0.1) is 18.8 Å². The first-order valence-corrected chi connectivity index (χ1v) is 7.83. The molecule has 0 radical (unpaired) electrons. The third-order valence-electron chi connectivity index (χ3n) is 4.03. The summed E-state index contributed by atoms with van der Waals surface area (Å²) in [5, 5.41) is 48.1. The predicted octanol–water partition coefficient (Wildman–Crippen LogP) is -2.20. The number of carboxylic acids is 1. The summed E-state index contributed by atoms with van der Waals surface area (Å²) in [6.45, 7) is 1.68. The summed E-state index contributed by atoms with van der Waals surface area (Å²) in [5.41, 5.74) is 0. The smallest absolute Gasteiger partial charge is 0.335 e. The Labute approximate surface area is 138 Å². The Morgan fingerprint density at radius 1 is 1.12 bits per heavy atom. The average molecular weight is 352 g/mol. The third-order valence-corrected chi connectivity index (χ3v) is 4.03. The molecule has 2 fully saturated rings. The molecule has 5 N–H and O–H groups in total. The Hall–Kier alpha value is -0.850. The van der Waals surface area contributed by atoms with Gasteiger partial charge in [0, 0.05) is 19.4 Å². The number of hydrogen-bond acceptors (Lipinski definition) is 9. The Morgan fingerprint density at radius 3 is 2.38 bits per heavy atom. The van der Waals surface area contributed by atoms with Gasteiger partial charge in [-0.1, -0.05) is 0 Å². The van der Waals surface area contributed by atoms with E-state index in [-0.39, 0.29) is 12.8 Å². The van der Waals surface area contributed by atoms with Crippen molar-refractivity contribution in [1.29, 1.82) is 0 Å². The summed E-state index contributed by atoms with van der Waals surface area (Å²) in [7, 11) is 0. The van der Waals surface area contributed by atoms with Gasteiger partial charge in [-0.3, -0.25) is 0 Å². The van der Waals surface area contributed by atoms with Crippen LogP contribution in [0.2, 0.25) is 0 Å². The van der Waals surface area contributed by atoms with E-state index >= 15 is 0 Å². The first kappa shape index (κ1) is 19.5. The van der Waals surface area contributed by atoms with Gasteiger partial charge in [-0.15, -0.1) is 0 Å². The highest BCUT2D eigenvalue weighted by Crippen LogP contribution is 2.28. The van der Waals surface area contributed by atoms with Crippen molar-refractivity contribution in [3.63, 3.8) is 0 Å². The van der Waals surface area contributed by atoms with Gasteiger partial charge in [0.25, 0.3) is 0 Å². The monoisotopic (exact) mass is 352 g/mol. The van der Waals surface area contributed by atoms with Gasteiger partial charge in [0.2, 0.25) is 0 Å². The average Bonchev–Trinajstić information content (AvgIpc) is 2.52. The van der Waals surface area contributed by atoms with Gasteiger partial charge in [-0.25, -0.2) is 4.79 Å². The summed E-state index contributed by atoms with van der Waals surface area (Å²) in [4.78, 5) is 11.1. The molecule has 0 bridgehead atoms. The number of aliphatic hydroxyl groups excluding tert-OH is 4. The molecule has 0 amide bonds. The Bertz CT molecular complexity index is 418. The maximum atomic E-state index is 11.1. The molecule has 0 saturated carbocycles. The second-order valence-corrected chi connectivity index (χ2v) is 5.76. The number of carboxylic acid groups (broad SMARTS) is 1. The quantitative estimate of drug-likeness (QED) is 0.355. The van der Waals surface area contributed by atoms with Gasteiger partial charge in [-0.05, 0) is 6.92 Å². The van der Waals surface area contributed by atoms with E-state index in [0.29, 0.717) is 6.61 Å². The van der Waals surface area contributed by atoms with Crippen molar-refractivity contribution >= 4 is 5.97 Å². The lowest BCUT2D eigenvalue weighted by Gasteiger charge is -2.42. The van der Waals surface area contributed by atoms with Crippen LogP contribution in [0.25, 0.3) is 0 Å². The van der Waals surface area contributed by atoms with Gasteiger partial charge < -0.3 is 44.5 Å². The van der Waals surface area contributed by atoms with Crippen molar-refractivity contribution < 1.29 is 49.3 Å². The Morgan fingerprint density at radius 2 is 1.79 bits per heavy atom. The fourth-order valence-electron chi connectivity index (χ4n) is 2.83.